The van der Waals surface area contributed by atoms with Gasteiger partial charge in [-0.2, -0.15) is 0 Å². The molecular weight excluding hydrogens is 272 g/mol. The van der Waals surface area contributed by atoms with Gasteiger partial charge in [-0.3, -0.25) is 0 Å². The van der Waals surface area contributed by atoms with Crippen LogP contribution in [0, 0.1) is 0 Å². The van der Waals surface area contributed by atoms with Crippen LogP contribution in [-0.2, 0) is 5.75 Å². The Hall–Kier alpha value is -0.550. The molecule has 0 bridgehead atoms. The van der Waals surface area contributed by atoms with Crippen molar-refractivity contribution >= 4 is 34.7 Å². The van der Waals surface area contributed by atoms with Crippen LogP contribution in [0.1, 0.15) is 22.9 Å². The summed E-state index contributed by atoms with van der Waals surface area (Å²) in [6.45, 7) is 1.97. The van der Waals surface area contributed by atoms with E-state index in [4.69, 9.17) is 17.3 Å². The smallest absolute Gasteiger partial charge is 0.103 e. The highest BCUT2D eigenvalue weighted by molar-refractivity contribution is 7.98. The molecule has 0 amide bonds. The van der Waals surface area contributed by atoms with Gasteiger partial charge in [0, 0.05) is 22.0 Å². The topological polar surface area (TPSA) is 38.9 Å². The molecule has 1 atom stereocenters. The number of thioether (sulfide) groups is 1. The molecule has 0 saturated carbocycles. The average molecular weight is 285 g/mol. The average Bonchev–Trinajstić information content (AvgIpc) is 2.77. The third-order valence-corrected chi connectivity index (χ3v) is 5.12. The highest BCUT2D eigenvalue weighted by Gasteiger charge is 2.07. The molecule has 2 N–H and O–H groups in total. The predicted octanol–water partition coefficient (Wildman–Crippen LogP) is 4.11. The lowest BCUT2D eigenvalue weighted by molar-refractivity contribution is 0.835. The highest BCUT2D eigenvalue weighted by Crippen LogP contribution is 2.31. The molecule has 1 aromatic carbocycles. The van der Waals surface area contributed by atoms with Crippen molar-refractivity contribution in [1.29, 1.82) is 0 Å². The first-order valence-electron chi connectivity index (χ1n) is 5.24. The molecule has 0 aliphatic rings. The van der Waals surface area contributed by atoms with Crippen LogP contribution >= 0.6 is 34.7 Å². The zero-order valence-electron chi connectivity index (χ0n) is 9.39. The molecule has 0 saturated heterocycles. The van der Waals surface area contributed by atoms with Gasteiger partial charge < -0.3 is 5.73 Å². The molecule has 0 aliphatic heterocycles. The molecule has 2 aromatic rings. The van der Waals surface area contributed by atoms with Gasteiger partial charge in [0.15, 0.2) is 0 Å². The van der Waals surface area contributed by atoms with Crippen LogP contribution in [0.3, 0.4) is 0 Å². The Morgan fingerprint density at radius 2 is 2.24 bits per heavy atom. The Bertz CT molecular complexity index is 497. The summed E-state index contributed by atoms with van der Waals surface area (Å²) in [6, 6.07) is 7.91. The van der Waals surface area contributed by atoms with Gasteiger partial charge in [-0.05, 0) is 19.1 Å². The molecule has 1 unspecified atom stereocenters. The van der Waals surface area contributed by atoms with E-state index in [9.17, 15) is 0 Å². The lowest BCUT2D eigenvalue weighted by atomic mass is 10.3. The predicted molar refractivity (Wildman–Crippen MR) is 75.7 cm³/mol. The van der Waals surface area contributed by atoms with Gasteiger partial charge in [0.1, 0.15) is 5.01 Å². The van der Waals surface area contributed by atoms with Crippen molar-refractivity contribution in [3.63, 3.8) is 0 Å². The molecule has 1 aromatic heterocycles. The molecular formula is C12H13ClN2S2. The third-order valence-electron chi connectivity index (χ3n) is 2.21. The molecule has 2 rings (SSSR count). The molecule has 0 aliphatic carbocycles. The highest BCUT2D eigenvalue weighted by atomic mass is 35.5. The van der Waals surface area contributed by atoms with Crippen molar-refractivity contribution in [2.45, 2.75) is 23.6 Å². The van der Waals surface area contributed by atoms with Crippen molar-refractivity contribution < 1.29 is 0 Å². The minimum absolute atomic E-state index is 0.0616. The largest absolute Gasteiger partial charge is 0.323 e. The fourth-order valence-electron chi connectivity index (χ4n) is 1.30. The zero-order valence-corrected chi connectivity index (χ0v) is 11.8. The maximum absolute atomic E-state index is 6.09. The van der Waals surface area contributed by atoms with Crippen molar-refractivity contribution in [2.24, 2.45) is 5.73 Å². The van der Waals surface area contributed by atoms with Crippen LogP contribution in [0.5, 0.6) is 0 Å². The lowest BCUT2D eigenvalue weighted by Gasteiger charge is -2.01. The summed E-state index contributed by atoms with van der Waals surface area (Å²) in [7, 11) is 0. The van der Waals surface area contributed by atoms with Gasteiger partial charge in [0.2, 0.25) is 0 Å². The first-order valence-corrected chi connectivity index (χ1v) is 7.42. The quantitative estimate of drug-likeness (QED) is 0.859. The van der Waals surface area contributed by atoms with E-state index in [2.05, 4.69) is 4.98 Å². The fourth-order valence-corrected chi connectivity index (χ4v) is 3.42. The van der Waals surface area contributed by atoms with Crippen LogP contribution in [0.4, 0.5) is 0 Å². The monoisotopic (exact) mass is 284 g/mol. The van der Waals surface area contributed by atoms with Crippen molar-refractivity contribution in [3.05, 3.63) is 45.4 Å². The number of rotatable bonds is 4. The Morgan fingerprint density at radius 3 is 2.88 bits per heavy atom. The van der Waals surface area contributed by atoms with Crippen LogP contribution in [-0.4, -0.2) is 4.98 Å². The fraction of sp³-hybridized carbons (Fsp3) is 0.250. The summed E-state index contributed by atoms with van der Waals surface area (Å²) >= 11 is 9.45. The molecule has 2 nitrogen and oxygen atoms in total. The van der Waals surface area contributed by atoms with Crippen molar-refractivity contribution in [1.82, 2.24) is 4.98 Å². The van der Waals surface area contributed by atoms with E-state index < -0.39 is 0 Å². The molecule has 90 valence electrons. The second kappa shape index (κ2) is 5.87. The molecule has 5 heteroatoms. The molecule has 1 heterocycles. The second-order valence-electron chi connectivity index (χ2n) is 3.66. The lowest BCUT2D eigenvalue weighted by Crippen LogP contribution is -2.01. The van der Waals surface area contributed by atoms with Crippen LogP contribution in [0.15, 0.2) is 35.4 Å². The van der Waals surface area contributed by atoms with Crippen LogP contribution < -0.4 is 5.73 Å². The van der Waals surface area contributed by atoms with Gasteiger partial charge in [-0.25, -0.2) is 4.98 Å². The van der Waals surface area contributed by atoms with E-state index in [-0.39, 0.29) is 6.04 Å². The van der Waals surface area contributed by atoms with Crippen LogP contribution in [0.2, 0.25) is 5.02 Å². The van der Waals surface area contributed by atoms with E-state index in [0.29, 0.717) is 0 Å². The summed E-state index contributed by atoms with van der Waals surface area (Å²) in [5, 5.41) is 1.88. The Kier molecular flexibility index (Phi) is 4.45. The van der Waals surface area contributed by atoms with Crippen molar-refractivity contribution in [3.8, 4) is 0 Å². The van der Waals surface area contributed by atoms with Crippen molar-refractivity contribution in [2.75, 3.05) is 0 Å². The first kappa shape index (κ1) is 12.9. The van der Waals surface area contributed by atoms with E-state index in [1.807, 2.05) is 37.4 Å². The summed E-state index contributed by atoms with van der Waals surface area (Å²) in [5.41, 5.74) is 5.80. The number of nitrogens with two attached hydrogens (primary N) is 1. The van der Waals surface area contributed by atoms with Gasteiger partial charge >= 0.3 is 0 Å². The summed E-state index contributed by atoms with van der Waals surface area (Å²) in [5.74, 6) is 0.834. The summed E-state index contributed by atoms with van der Waals surface area (Å²) in [4.78, 5) is 6.57. The SMILES string of the molecule is CC(N)c1cnc(CSc2ccccc2Cl)s1. The van der Waals surface area contributed by atoms with Gasteiger partial charge in [0.05, 0.1) is 10.8 Å². The number of thiazole rings is 1. The van der Waals surface area contributed by atoms with E-state index >= 15 is 0 Å². The number of hydrogen-bond acceptors (Lipinski definition) is 4. The van der Waals surface area contributed by atoms with Gasteiger partial charge in [-0.1, -0.05) is 23.7 Å². The Balaban J connectivity index is 2.00. The minimum Gasteiger partial charge on any atom is -0.323 e. The number of halogens is 1. The van der Waals surface area contributed by atoms with E-state index in [1.54, 1.807) is 23.1 Å². The maximum Gasteiger partial charge on any atom is 0.103 e. The summed E-state index contributed by atoms with van der Waals surface area (Å²) in [6.07, 6.45) is 1.86. The minimum atomic E-state index is 0.0616. The zero-order chi connectivity index (χ0) is 12.3. The number of aromatic nitrogens is 1. The van der Waals surface area contributed by atoms with E-state index in [0.717, 1.165) is 25.6 Å². The Labute approximate surface area is 114 Å². The number of nitrogens with zero attached hydrogens (tertiary/aromatic N) is 1. The van der Waals surface area contributed by atoms with Gasteiger partial charge in [0.25, 0.3) is 0 Å². The number of hydrogen-bond donors (Lipinski definition) is 1. The standard InChI is InChI=1S/C12H13ClN2S2/c1-8(14)11-6-15-12(17-11)7-16-10-5-3-2-4-9(10)13/h2-6,8H,7,14H2,1H3. The second-order valence-corrected chi connectivity index (χ2v) is 6.24. The molecule has 0 radical (unpaired) electrons. The Morgan fingerprint density at radius 1 is 1.47 bits per heavy atom. The van der Waals surface area contributed by atoms with Crippen LogP contribution in [0.25, 0.3) is 0 Å². The molecule has 0 fully saturated rings. The molecule has 17 heavy (non-hydrogen) atoms. The first-order chi connectivity index (χ1) is 8.16. The summed E-state index contributed by atoms with van der Waals surface area (Å²) < 4.78 is 0. The molecule has 0 spiro atoms. The normalized spacial score (nSPS) is 12.6. The number of benzene rings is 1. The third kappa shape index (κ3) is 3.45. The van der Waals surface area contributed by atoms with E-state index in [1.165, 1.54) is 0 Å². The maximum atomic E-state index is 6.09. The van der Waals surface area contributed by atoms with Gasteiger partial charge in [-0.15, -0.1) is 23.1 Å².